The summed E-state index contributed by atoms with van der Waals surface area (Å²) in [7, 11) is 0. The topological polar surface area (TPSA) is 66.7 Å². The minimum absolute atomic E-state index is 0.108. The van der Waals surface area contributed by atoms with Gasteiger partial charge in [0.25, 0.3) is 0 Å². The van der Waals surface area contributed by atoms with Crippen LogP contribution in [0.25, 0.3) is 11.5 Å². The van der Waals surface area contributed by atoms with E-state index in [2.05, 4.69) is 15.0 Å². The van der Waals surface area contributed by atoms with Gasteiger partial charge in [-0.25, -0.2) is 14.4 Å². The van der Waals surface area contributed by atoms with Crippen LogP contribution >= 0.6 is 0 Å². The molecule has 2 aromatic heterocycles. The fourth-order valence-electron chi connectivity index (χ4n) is 2.19. The van der Waals surface area contributed by atoms with Gasteiger partial charge in [-0.15, -0.1) is 0 Å². The molecule has 0 aliphatic rings. The van der Waals surface area contributed by atoms with Crippen LogP contribution in [0.15, 0.2) is 49.2 Å². The normalized spacial score (nSPS) is 12.5. The van der Waals surface area contributed by atoms with Crippen molar-refractivity contribution < 1.29 is 9.50 Å². The van der Waals surface area contributed by atoms with Crippen LogP contribution in [0.2, 0.25) is 0 Å². The molecular weight excluding hydrogens is 259 g/mol. The summed E-state index contributed by atoms with van der Waals surface area (Å²) in [5, 5.41) is 9.67. The highest BCUT2D eigenvalue weighted by Crippen LogP contribution is 2.24. The van der Waals surface area contributed by atoms with Crippen LogP contribution in [0.1, 0.15) is 11.6 Å². The predicted molar refractivity (Wildman–Crippen MR) is 71.4 cm³/mol. The van der Waals surface area contributed by atoms with Gasteiger partial charge < -0.3 is 14.7 Å². The zero-order chi connectivity index (χ0) is 13.9. The van der Waals surface area contributed by atoms with Gasteiger partial charge in [-0.2, -0.15) is 0 Å². The number of aromatic amines is 1. The second-order valence-electron chi connectivity index (χ2n) is 4.37. The molecule has 0 spiro atoms. The van der Waals surface area contributed by atoms with E-state index in [0.717, 1.165) is 11.3 Å². The van der Waals surface area contributed by atoms with Crippen LogP contribution in [-0.4, -0.2) is 31.2 Å². The van der Waals surface area contributed by atoms with Gasteiger partial charge in [-0.05, 0) is 17.7 Å². The Bertz CT molecular complexity index is 676. The Morgan fingerprint density at radius 3 is 2.75 bits per heavy atom. The molecule has 20 heavy (non-hydrogen) atoms. The van der Waals surface area contributed by atoms with E-state index in [0.29, 0.717) is 5.82 Å². The van der Waals surface area contributed by atoms with E-state index >= 15 is 0 Å². The molecule has 2 N–H and O–H groups in total. The van der Waals surface area contributed by atoms with Crippen molar-refractivity contribution >= 4 is 0 Å². The number of nitrogens with one attached hydrogen (secondary N) is 1. The molecule has 0 saturated heterocycles. The highest BCUT2D eigenvalue weighted by Gasteiger charge is 2.17. The Kier molecular flexibility index (Phi) is 3.30. The van der Waals surface area contributed by atoms with Crippen molar-refractivity contribution in [1.82, 2.24) is 19.5 Å². The molecule has 3 rings (SSSR count). The first-order chi connectivity index (χ1) is 9.79. The van der Waals surface area contributed by atoms with Gasteiger partial charge in [0, 0.05) is 12.4 Å². The fraction of sp³-hybridized carbons (Fsp3) is 0.143. The average molecular weight is 272 g/mol. The monoisotopic (exact) mass is 272 g/mol. The van der Waals surface area contributed by atoms with Gasteiger partial charge in [0.2, 0.25) is 0 Å². The second kappa shape index (κ2) is 5.26. The summed E-state index contributed by atoms with van der Waals surface area (Å²) < 4.78 is 14.8. The molecular formula is C14H13FN4O. The lowest BCUT2D eigenvalue weighted by Crippen LogP contribution is -2.15. The van der Waals surface area contributed by atoms with Gasteiger partial charge in [0.15, 0.2) is 5.82 Å². The van der Waals surface area contributed by atoms with Crippen LogP contribution in [0.5, 0.6) is 0 Å². The number of hydrogen-bond acceptors (Lipinski definition) is 3. The predicted octanol–water partition coefficient (Wildman–Crippen LogP) is 1.99. The van der Waals surface area contributed by atoms with Crippen LogP contribution in [0.4, 0.5) is 4.39 Å². The highest BCUT2D eigenvalue weighted by atomic mass is 19.1. The average Bonchev–Trinajstić information content (AvgIpc) is 3.12. The largest absolute Gasteiger partial charge is 0.394 e. The lowest BCUT2D eigenvalue weighted by atomic mass is 10.1. The zero-order valence-electron chi connectivity index (χ0n) is 10.6. The standard InChI is InChI=1S/C14H13FN4O/c15-11-3-1-10(2-4-11)13(8-20)19-6-5-17-14(19)12-7-16-9-18-12/h1-7,9,13,20H,8H2,(H,16,18). The lowest BCUT2D eigenvalue weighted by molar-refractivity contribution is 0.250. The van der Waals surface area contributed by atoms with Crippen molar-refractivity contribution in [2.75, 3.05) is 6.61 Å². The first kappa shape index (κ1) is 12.6. The SMILES string of the molecule is OCC(c1ccc(F)cc1)n1ccnc1-c1cnc[nH]1. The molecule has 2 heterocycles. The molecule has 1 atom stereocenters. The van der Waals surface area contributed by atoms with Gasteiger partial charge in [0.05, 0.1) is 25.2 Å². The third-order valence-electron chi connectivity index (χ3n) is 3.17. The Balaban J connectivity index is 2.02. The Hall–Kier alpha value is -2.47. The number of aliphatic hydroxyl groups is 1. The summed E-state index contributed by atoms with van der Waals surface area (Å²) in [6.07, 6.45) is 6.67. The zero-order valence-corrected chi connectivity index (χ0v) is 10.6. The van der Waals surface area contributed by atoms with Crippen molar-refractivity contribution in [2.45, 2.75) is 6.04 Å². The summed E-state index contributed by atoms with van der Waals surface area (Å²) in [6.45, 7) is -0.108. The Morgan fingerprint density at radius 2 is 2.10 bits per heavy atom. The maximum absolute atomic E-state index is 13.0. The molecule has 0 radical (unpaired) electrons. The van der Waals surface area contributed by atoms with Gasteiger partial charge >= 0.3 is 0 Å². The van der Waals surface area contributed by atoms with E-state index in [1.54, 1.807) is 37.1 Å². The van der Waals surface area contributed by atoms with Gasteiger partial charge in [-0.3, -0.25) is 0 Å². The maximum Gasteiger partial charge on any atom is 0.158 e. The molecule has 5 nitrogen and oxygen atoms in total. The molecule has 1 aromatic carbocycles. The van der Waals surface area contributed by atoms with Crippen molar-refractivity contribution in [1.29, 1.82) is 0 Å². The highest BCUT2D eigenvalue weighted by molar-refractivity contribution is 5.48. The maximum atomic E-state index is 13.0. The number of halogens is 1. The van der Waals surface area contributed by atoms with Crippen LogP contribution in [0, 0.1) is 5.82 Å². The van der Waals surface area contributed by atoms with E-state index in [-0.39, 0.29) is 18.5 Å². The second-order valence-corrected chi connectivity index (χ2v) is 4.37. The summed E-state index contributed by atoms with van der Waals surface area (Å²) in [5.74, 6) is 0.371. The minimum atomic E-state index is -0.323. The van der Waals surface area contributed by atoms with Crippen molar-refractivity contribution in [2.24, 2.45) is 0 Å². The van der Waals surface area contributed by atoms with Crippen molar-refractivity contribution in [3.8, 4) is 11.5 Å². The molecule has 1 unspecified atom stereocenters. The number of rotatable bonds is 4. The molecule has 6 heteroatoms. The summed E-state index contributed by atoms with van der Waals surface area (Å²) in [4.78, 5) is 11.2. The first-order valence-electron chi connectivity index (χ1n) is 6.17. The Morgan fingerprint density at radius 1 is 1.30 bits per heavy atom. The third kappa shape index (κ3) is 2.21. The van der Waals surface area contributed by atoms with Gasteiger partial charge in [0.1, 0.15) is 11.5 Å². The number of nitrogens with zero attached hydrogens (tertiary/aromatic N) is 3. The van der Waals surface area contributed by atoms with E-state index < -0.39 is 0 Å². The number of benzene rings is 1. The minimum Gasteiger partial charge on any atom is -0.394 e. The fourth-order valence-corrected chi connectivity index (χ4v) is 2.19. The van der Waals surface area contributed by atoms with Crippen LogP contribution in [-0.2, 0) is 0 Å². The number of H-pyrrole nitrogens is 1. The molecule has 0 aliphatic heterocycles. The summed E-state index contributed by atoms with van der Waals surface area (Å²) >= 11 is 0. The van der Waals surface area contributed by atoms with Crippen LogP contribution < -0.4 is 0 Å². The Labute approximate surface area is 114 Å². The first-order valence-corrected chi connectivity index (χ1v) is 6.17. The number of aromatic nitrogens is 4. The molecule has 0 saturated carbocycles. The number of aliphatic hydroxyl groups excluding tert-OH is 1. The lowest BCUT2D eigenvalue weighted by Gasteiger charge is -2.18. The van der Waals surface area contributed by atoms with E-state index in [1.807, 2.05) is 4.57 Å². The molecule has 102 valence electrons. The van der Waals surface area contributed by atoms with E-state index in [4.69, 9.17) is 0 Å². The van der Waals surface area contributed by atoms with E-state index in [1.165, 1.54) is 12.1 Å². The molecule has 0 amide bonds. The van der Waals surface area contributed by atoms with Crippen molar-refractivity contribution in [3.05, 3.63) is 60.6 Å². The molecule has 0 fully saturated rings. The molecule has 0 aliphatic carbocycles. The van der Waals surface area contributed by atoms with Crippen molar-refractivity contribution in [3.63, 3.8) is 0 Å². The summed E-state index contributed by atoms with van der Waals surface area (Å²) in [5.41, 5.74) is 1.57. The number of hydrogen-bond donors (Lipinski definition) is 2. The van der Waals surface area contributed by atoms with Crippen LogP contribution in [0.3, 0.4) is 0 Å². The molecule has 3 aromatic rings. The van der Waals surface area contributed by atoms with Gasteiger partial charge in [-0.1, -0.05) is 12.1 Å². The summed E-state index contributed by atoms with van der Waals surface area (Å²) in [6, 6.07) is 5.76. The third-order valence-corrected chi connectivity index (χ3v) is 3.17. The van der Waals surface area contributed by atoms with E-state index in [9.17, 15) is 9.50 Å². The molecule has 0 bridgehead atoms. The smallest absolute Gasteiger partial charge is 0.158 e. The number of imidazole rings is 2. The quantitative estimate of drug-likeness (QED) is 0.763.